The van der Waals surface area contributed by atoms with E-state index >= 15 is 0 Å². The fraction of sp³-hybridized carbons (Fsp3) is 0.143. The van der Waals surface area contributed by atoms with Gasteiger partial charge in [-0.1, -0.05) is 267 Å². The van der Waals surface area contributed by atoms with Crippen molar-refractivity contribution in [3.05, 3.63) is 296 Å². The maximum atomic E-state index is 11.5. The van der Waals surface area contributed by atoms with E-state index in [0.29, 0.717) is 39.4 Å². The third-order valence-electron chi connectivity index (χ3n) is 16.9. The van der Waals surface area contributed by atoms with Gasteiger partial charge in [-0.2, -0.15) is 16.7 Å². The van der Waals surface area contributed by atoms with Crippen molar-refractivity contribution in [2.75, 3.05) is 0 Å². The molecule has 1 aliphatic rings. The largest absolute Gasteiger partial charge is 0.509 e. The molecule has 0 radical (unpaired) electrons. The number of nitrogens with zero attached hydrogens (tertiary/aromatic N) is 4. The van der Waals surface area contributed by atoms with Crippen LogP contribution in [0.2, 0.25) is 0 Å². The Balaban J connectivity index is 0.0000106. The van der Waals surface area contributed by atoms with Crippen LogP contribution < -0.4 is 30.1 Å². The predicted molar refractivity (Wildman–Crippen MR) is 376 cm³/mol. The summed E-state index contributed by atoms with van der Waals surface area (Å²) < 4.78 is 228. The zero-order valence-corrected chi connectivity index (χ0v) is 54.5. The van der Waals surface area contributed by atoms with Crippen LogP contribution in [0.1, 0.15) is 109 Å². The molecule has 0 N–H and O–H groups in total. The maximum absolute atomic E-state index is 11.5. The molecule has 4 heterocycles. The molecule has 14 aromatic rings. The van der Waals surface area contributed by atoms with Crippen molar-refractivity contribution in [1.29, 1.82) is 0 Å². The summed E-state index contributed by atoms with van der Waals surface area (Å²) in [7, 11) is -6.45. The Labute approximate surface area is 581 Å². The SMILES string of the molecule is [2H]c1c([2H])c([2H])c([Si](c2c([2H])c([2H])c([2H])c([2H])c2[2H])(c2c([2H])c([2H])c([2H])c([2H])c2[2H])c2c([2H])c([2H])c3c(c2[2H])-c2cccc(-c4cc(C(C)(C)C)cc(C(C)(C)C)c4)c2-[n+]2cn(-c4[c-]c(Oc5[c-]c6c(cc5)c5ccccc5n6-c5cc(C(C)(C)C)ccn5)ccc4)c4cccc(c42)-c2c([2H])c([2H])c([2H])c([2H])c2-3)c([2H])c1[2H].[Pt]. The molecule has 3 aromatic heterocycles. The van der Waals surface area contributed by atoms with Gasteiger partial charge in [0.15, 0.2) is 19.1 Å². The van der Waals surface area contributed by atoms with Crippen LogP contribution in [0.5, 0.6) is 11.5 Å². The second-order valence-corrected chi connectivity index (χ2v) is 29.1. The van der Waals surface area contributed by atoms with Crippen LogP contribution in [0.25, 0.3) is 94.5 Å². The van der Waals surface area contributed by atoms with E-state index in [0.717, 1.165) is 33.0 Å². The van der Waals surface area contributed by atoms with Gasteiger partial charge in [0.1, 0.15) is 11.5 Å². The molecule has 448 valence electrons. The Kier molecular flexibility index (Phi) is 9.75. The van der Waals surface area contributed by atoms with Crippen molar-refractivity contribution in [3.63, 3.8) is 0 Å². The van der Waals surface area contributed by atoms with E-state index < -0.39 is 189 Å². The molecule has 0 amide bonds. The summed E-state index contributed by atoms with van der Waals surface area (Å²) in [6.07, 6.45) is 3.52. The first-order valence-electron chi connectivity index (χ1n) is 40.6. The van der Waals surface area contributed by atoms with E-state index in [1.165, 1.54) is 0 Å². The first kappa shape index (κ1) is 38.9. The van der Waals surface area contributed by atoms with Gasteiger partial charge in [-0.25, -0.2) is 9.55 Å². The molecule has 1 aliphatic heterocycles. The average molecular weight is 1400 g/mol. The molecular weight excluding hydrogens is 1300 g/mol. The van der Waals surface area contributed by atoms with Crippen LogP contribution in [0.15, 0.2) is 267 Å². The smallest absolute Gasteiger partial charge is 0.253 e. The van der Waals surface area contributed by atoms with Crippen molar-refractivity contribution in [2.24, 2.45) is 0 Å². The van der Waals surface area contributed by atoms with Crippen molar-refractivity contribution in [3.8, 4) is 73.2 Å². The second kappa shape index (κ2) is 22.8. The molecule has 0 unspecified atom stereocenters. The van der Waals surface area contributed by atoms with Gasteiger partial charge >= 0.3 is 0 Å². The standard InChI is InChI=1S/C84H71N4OSi.Pt/c1-82(2,3)57-46-47-85-79(51-57)88-76-40-22-21-36-71(76)72-44-42-62(53-78(72)88)89-61-27-23-26-60(52-61)86-55-87-80-67(56-48-58(83(4,5)6)50-59(49-56)84(7,8)9)37-24-38-74(80)75-54-66(43-45-70(75)68-34-19-20-35-69(68)73-39-25-41-77(86)81(73)87)90(63-28-13-10-14-29-63,64-30-15-11-16-31-64)65-32-17-12-18-33-65;/h10-51,54-55H,1-9H3;/q-1;/i10D,11D,12D,13D,14D,15D,16D,17D,18D,19D,20D,28D,29D,30D,31D,32D,33D,34D,35D,43D,45D,54D;. The van der Waals surface area contributed by atoms with E-state index in [9.17, 15) is 26.0 Å². The number of para-hydroxylation sites is 3. The Morgan fingerprint density at radius 2 is 1.02 bits per heavy atom. The van der Waals surface area contributed by atoms with Gasteiger partial charge in [-0.15, -0.1) is 29.7 Å². The van der Waals surface area contributed by atoms with Crippen LogP contribution in [0.3, 0.4) is 0 Å². The van der Waals surface area contributed by atoms with Crippen molar-refractivity contribution >= 4 is 61.7 Å². The normalized spacial score (nSPS) is 15.7. The average Bonchev–Trinajstić information content (AvgIpc) is 1.23. The van der Waals surface area contributed by atoms with E-state index in [1.54, 1.807) is 70.2 Å². The minimum absolute atomic E-state index is 0. The summed E-state index contributed by atoms with van der Waals surface area (Å²) in [6.45, 7) is 18.8. The number of hydrogen-bond donors (Lipinski definition) is 0. The Morgan fingerprint density at radius 3 is 1.68 bits per heavy atom. The van der Waals surface area contributed by atoms with Crippen molar-refractivity contribution < 1.29 is 60.5 Å². The third-order valence-corrected chi connectivity index (χ3v) is 20.9. The number of ether oxygens (including phenoxy) is 1. The molecule has 0 fully saturated rings. The third kappa shape index (κ3) is 10.2. The van der Waals surface area contributed by atoms with Gasteiger partial charge < -0.3 is 9.30 Å². The second-order valence-electron chi connectivity index (χ2n) is 25.6. The van der Waals surface area contributed by atoms with E-state index in [-0.39, 0.29) is 60.1 Å². The Bertz CT molecular complexity index is 6210. The van der Waals surface area contributed by atoms with Gasteiger partial charge in [0.05, 0.1) is 30.2 Å². The fourth-order valence-corrected chi connectivity index (χ4v) is 15.9. The quantitative estimate of drug-likeness (QED) is 0.0625. The minimum atomic E-state index is -6.45. The molecule has 0 aliphatic carbocycles. The molecule has 0 spiro atoms. The van der Waals surface area contributed by atoms with Gasteiger partial charge in [0, 0.05) is 66.7 Å². The number of fused-ring (bicyclic) bond motifs is 10. The molecule has 7 heteroatoms. The molecule has 0 saturated carbocycles. The number of imidazole rings is 1. The van der Waals surface area contributed by atoms with E-state index in [2.05, 4.69) is 91.1 Å². The van der Waals surface area contributed by atoms with Gasteiger partial charge in [-0.05, 0) is 117 Å². The predicted octanol–water partition coefficient (Wildman–Crippen LogP) is 18.0. The first-order chi connectivity index (χ1) is 52.7. The molecule has 5 nitrogen and oxygen atoms in total. The van der Waals surface area contributed by atoms with Crippen molar-refractivity contribution in [2.45, 2.75) is 78.6 Å². The summed E-state index contributed by atoms with van der Waals surface area (Å²) in [5.74, 6) is 1.25. The van der Waals surface area contributed by atoms with Crippen LogP contribution in [-0.2, 0) is 37.3 Å². The summed E-state index contributed by atoms with van der Waals surface area (Å²) in [6, 6.07) is 21.9. The fourth-order valence-electron chi connectivity index (χ4n) is 12.3. The summed E-state index contributed by atoms with van der Waals surface area (Å²) in [5.41, 5.74) is 3.92. The zero-order chi connectivity index (χ0) is 80.8. The molecule has 91 heavy (non-hydrogen) atoms. The summed E-state index contributed by atoms with van der Waals surface area (Å²) in [5, 5.41) is -2.10. The summed E-state index contributed by atoms with van der Waals surface area (Å²) >= 11 is 0. The number of hydrogen-bond acceptors (Lipinski definition) is 2. The number of benzene rings is 11. The zero-order valence-electron chi connectivity index (χ0n) is 73.2. The molecule has 0 bridgehead atoms. The molecule has 0 saturated heterocycles. The molecular formula is C84H71N4OPtSi-. The van der Waals surface area contributed by atoms with E-state index in [4.69, 9.17) is 13.8 Å². The summed E-state index contributed by atoms with van der Waals surface area (Å²) in [4.78, 5) is 4.86. The Hall–Kier alpha value is -9.45. The first-order valence-corrected chi connectivity index (χ1v) is 31.6. The maximum Gasteiger partial charge on any atom is 0.253 e. The van der Waals surface area contributed by atoms with Crippen LogP contribution in [-0.4, -0.2) is 22.2 Å². The van der Waals surface area contributed by atoms with Crippen LogP contribution in [0, 0.1) is 12.1 Å². The van der Waals surface area contributed by atoms with Crippen LogP contribution >= 0.6 is 0 Å². The van der Waals surface area contributed by atoms with Gasteiger partial charge in [-0.3, -0.25) is 0 Å². The number of pyridine rings is 1. The van der Waals surface area contributed by atoms with Crippen molar-refractivity contribution in [1.82, 2.24) is 14.1 Å². The molecule has 15 rings (SSSR count). The number of rotatable bonds is 9. The number of aromatic nitrogens is 4. The van der Waals surface area contributed by atoms with Gasteiger partial charge in [0.2, 0.25) is 0 Å². The monoisotopic (exact) mass is 1400 g/mol. The van der Waals surface area contributed by atoms with Crippen LogP contribution in [0.4, 0.5) is 0 Å². The molecule has 11 aromatic carbocycles. The van der Waals surface area contributed by atoms with Gasteiger partial charge in [0.25, 0.3) is 6.33 Å². The molecule has 0 atom stereocenters. The topological polar surface area (TPSA) is 35.9 Å². The van der Waals surface area contributed by atoms with E-state index in [1.807, 2.05) is 60.7 Å². The minimum Gasteiger partial charge on any atom is -0.509 e. The Morgan fingerprint density at radius 1 is 0.462 bits per heavy atom.